The Kier molecular flexibility index (Phi) is 4.62. The molecule has 2 rings (SSSR count). The van der Waals surface area contributed by atoms with Crippen LogP contribution in [0.2, 0.25) is 0 Å². The summed E-state index contributed by atoms with van der Waals surface area (Å²) in [7, 11) is 1.59. The van der Waals surface area contributed by atoms with Gasteiger partial charge >= 0.3 is 0 Å². The Labute approximate surface area is 120 Å². The number of amidine groups is 1. The number of hydrogen-bond donors (Lipinski definition) is 3. The third kappa shape index (κ3) is 3.74. The molecular formula is C13H15N3O3S. The maximum atomic E-state index is 12.0. The minimum absolute atomic E-state index is 0.0193. The first-order chi connectivity index (χ1) is 9.58. The molecule has 0 bridgehead atoms. The van der Waals surface area contributed by atoms with Gasteiger partial charge in [0.15, 0.2) is 5.17 Å². The molecule has 3 N–H and O–H groups in total. The van der Waals surface area contributed by atoms with Crippen LogP contribution in [0.15, 0.2) is 24.3 Å². The number of ether oxygens (including phenoxy) is 1. The molecular weight excluding hydrogens is 278 g/mol. The van der Waals surface area contributed by atoms with E-state index in [1.165, 1.54) is 0 Å². The van der Waals surface area contributed by atoms with E-state index in [2.05, 4.69) is 10.6 Å². The highest BCUT2D eigenvalue weighted by molar-refractivity contribution is 8.15. The van der Waals surface area contributed by atoms with Gasteiger partial charge in [-0.1, -0.05) is 23.9 Å². The zero-order chi connectivity index (χ0) is 14.5. The van der Waals surface area contributed by atoms with Crippen molar-refractivity contribution in [2.24, 2.45) is 0 Å². The molecule has 6 nitrogen and oxygen atoms in total. The fourth-order valence-electron chi connectivity index (χ4n) is 1.75. The van der Waals surface area contributed by atoms with Crippen molar-refractivity contribution in [3.05, 3.63) is 29.8 Å². The van der Waals surface area contributed by atoms with Gasteiger partial charge in [-0.2, -0.15) is 0 Å². The Bertz CT molecular complexity index is 514. The fraction of sp³-hybridized carbons (Fsp3) is 0.308. The standard InChI is InChI=1S/C13H15N3O3S/c1-19-9-4-2-8(3-5-9)7-15-12(18)10-6-11(17)16-13(14)20-10/h2-5,10H,6-7H2,1H3,(H,15,18)(H2,14,16,17). The Morgan fingerprint density at radius 1 is 1.50 bits per heavy atom. The van der Waals surface area contributed by atoms with Gasteiger partial charge in [0.2, 0.25) is 11.8 Å². The number of nitrogens with one attached hydrogen (secondary N) is 3. The normalized spacial score (nSPS) is 18.4. The van der Waals surface area contributed by atoms with Crippen LogP contribution in [0.25, 0.3) is 0 Å². The second-order valence-electron chi connectivity index (χ2n) is 4.25. The molecule has 0 aliphatic carbocycles. The predicted molar refractivity (Wildman–Crippen MR) is 76.7 cm³/mol. The van der Waals surface area contributed by atoms with E-state index in [1.807, 2.05) is 24.3 Å². The van der Waals surface area contributed by atoms with E-state index in [0.717, 1.165) is 23.1 Å². The van der Waals surface area contributed by atoms with Gasteiger partial charge in [0.1, 0.15) is 5.75 Å². The molecule has 20 heavy (non-hydrogen) atoms. The average Bonchev–Trinajstić information content (AvgIpc) is 2.44. The number of rotatable bonds is 4. The predicted octanol–water partition coefficient (Wildman–Crippen LogP) is 0.868. The molecule has 1 fully saturated rings. The third-order valence-electron chi connectivity index (χ3n) is 2.80. The van der Waals surface area contributed by atoms with Crippen molar-refractivity contribution in [3.8, 4) is 5.75 Å². The molecule has 2 amide bonds. The Morgan fingerprint density at radius 2 is 2.20 bits per heavy atom. The Hall–Kier alpha value is -2.02. The zero-order valence-electron chi connectivity index (χ0n) is 10.9. The van der Waals surface area contributed by atoms with Crippen molar-refractivity contribution >= 4 is 28.7 Å². The molecule has 106 valence electrons. The van der Waals surface area contributed by atoms with Crippen LogP contribution in [0.4, 0.5) is 0 Å². The summed E-state index contributed by atoms with van der Waals surface area (Å²) in [5.41, 5.74) is 0.944. The molecule has 1 unspecified atom stereocenters. The smallest absolute Gasteiger partial charge is 0.234 e. The Morgan fingerprint density at radius 3 is 2.80 bits per heavy atom. The van der Waals surface area contributed by atoms with Crippen LogP contribution < -0.4 is 15.4 Å². The number of carbonyl (C=O) groups excluding carboxylic acids is 2. The Balaban J connectivity index is 1.87. The van der Waals surface area contributed by atoms with Crippen LogP contribution in [0.5, 0.6) is 5.75 Å². The van der Waals surface area contributed by atoms with Crippen LogP contribution in [-0.2, 0) is 16.1 Å². The fourth-order valence-corrected chi connectivity index (χ4v) is 2.63. The van der Waals surface area contributed by atoms with Gasteiger partial charge in [-0.15, -0.1) is 0 Å². The lowest BCUT2D eigenvalue weighted by atomic mass is 10.2. The lowest BCUT2D eigenvalue weighted by Gasteiger charge is -2.21. The van der Waals surface area contributed by atoms with E-state index in [9.17, 15) is 9.59 Å². The van der Waals surface area contributed by atoms with E-state index in [0.29, 0.717) is 6.54 Å². The first-order valence-corrected chi connectivity index (χ1v) is 6.92. The molecule has 0 saturated carbocycles. The molecule has 1 heterocycles. The highest BCUT2D eigenvalue weighted by atomic mass is 32.2. The van der Waals surface area contributed by atoms with Gasteiger partial charge in [-0.05, 0) is 17.7 Å². The van der Waals surface area contributed by atoms with Crippen LogP contribution in [0.3, 0.4) is 0 Å². The molecule has 1 aromatic rings. The quantitative estimate of drug-likeness (QED) is 0.768. The molecule has 0 radical (unpaired) electrons. The summed E-state index contributed by atoms with van der Waals surface area (Å²) in [6, 6.07) is 7.36. The monoisotopic (exact) mass is 293 g/mol. The lowest BCUT2D eigenvalue weighted by Crippen LogP contribution is -2.43. The second-order valence-corrected chi connectivity index (χ2v) is 5.47. The maximum absolute atomic E-state index is 12.0. The summed E-state index contributed by atoms with van der Waals surface area (Å²) in [5.74, 6) is 0.233. The summed E-state index contributed by atoms with van der Waals surface area (Å²) in [4.78, 5) is 23.2. The molecule has 1 aromatic carbocycles. The van der Waals surface area contributed by atoms with Crippen molar-refractivity contribution in [2.75, 3.05) is 7.11 Å². The number of benzene rings is 1. The van der Waals surface area contributed by atoms with Crippen molar-refractivity contribution in [1.29, 1.82) is 5.41 Å². The van der Waals surface area contributed by atoms with Crippen LogP contribution in [0, 0.1) is 5.41 Å². The van der Waals surface area contributed by atoms with Crippen molar-refractivity contribution < 1.29 is 14.3 Å². The number of amides is 2. The van der Waals surface area contributed by atoms with E-state index >= 15 is 0 Å². The zero-order valence-corrected chi connectivity index (χ0v) is 11.8. The van der Waals surface area contributed by atoms with Gasteiger partial charge in [0, 0.05) is 13.0 Å². The maximum Gasteiger partial charge on any atom is 0.234 e. The second kappa shape index (κ2) is 6.42. The summed E-state index contributed by atoms with van der Waals surface area (Å²) in [5, 5.41) is 12.0. The summed E-state index contributed by atoms with van der Waals surface area (Å²) < 4.78 is 5.05. The third-order valence-corrected chi connectivity index (χ3v) is 3.81. The summed E-state index contributed by atoms with van der Waals surface area (Å²) in [6.45, 7) is 0.384. The molecule has 0 spiro atoms. The molecule has 1 atom stereocenters. The molecule has 1 aliphatic rings. The molecule has 7 heteroatoms. The van der Waals surface area contributed by atoms with Crippen LogP contribution >= 0.6 is 11.8 Å². The topological polar surface area (TPSA) is 91.3 Å². The highest BCUT2D eigenvalue weighted by Gasteiger charge is 2.29. The summed E-state index contributed by atoms with van der Waals surface area (Å²) in [6.07, 6.45) is 0.0987. The van der Waals surface area contributed by atoms with Gasteiger partial charge in [-0.25, -0.2) is 0 Å². The number of carbonyl (C=O) groups is 2. The largest absolute Gasteiger partial charge is 0.497 e. The van der Waals surface area contributed by atoms with Gasteiger partial charge < -0.3 is 15.4 Å². The first kappa shape index (κ1) is 14.4. The number of hydrogen-bond acceptors (Lipinski definition) is 5. The molecule has 1 aliphatic heterocycles. The highest BCUT2D eigenvalue weighted by Crippen LogP contribution is 2.19. The summed E-state index contributed by atoms with van der Waals surface area (Å²) >= 11 is 1.06. The van der Waals surface area contributed by atoms with Crippen molar-refractivity contribution in [1.82, 2.24) is 10.6 Å². The molecule has 0 aromatic heterocycles. The van der Waals surface area contributed by atoms with Crippen molar-refractivity contribution in [3.63, 3.8) is 0 Å². The van der Waals surface area contributed by atoms with E-state index < -0.39 is 5.25 Å². The SMILES string of the molecule is COc1ccc(CNC(=O)C2CC(=O)NC(=N)S2)cc1. The van der Waals surface area contributed by atoms with E-state index in [-0.39, 0.29) is 23.4 Å². The lowest BCUT2D eigenvalue weighted by molar-refractivity contribution is -0.125. The average molecular weight is 293 g/mol. The van der Waals surface area contributed by atoms with Crippen LogP contribution in [0.1, 0.15) is 12.0 Å². The van der Waals surface area contributed by atoms with E-state index in [4.69, 9.17) is 10.1 Å². The molecule has 1 saturated heterocycles. The number of methoxy groups -OCH3 is 1. The van der Waals surface area contributed by atoms with Crippen LogP contribution in [-0.4, -0.2) is 29.3 Å². The first-order valence-electron chi connectivity index (χ1n) is 6.04. The minimum atomic E-state index is -0.533. The number of thioether (sulfide) groups is 1. The van der Waals surface area contributed by atoms with Gasteiger partial charge in [0.25, 0.3) is 0 Å². The van der Waals surface area contributed by atoms with Crippen molar-refractivity contribution in [2.45, 2.75) is 18.2 Å². The van der Waals surface area contributed by atoms with E-state index in [1.54, 1.807) is 7.11 Å². The van der Waals surface area contributed by atoms with Gasteiger partial charge in [0.05, 0.1) is 12.4 Å². The van der Waals surface area contributed by atoms with Gasteiger partial charge in [-0.3, -0.25) is 15.0 Å². The minimum Gasteiger partial charge on any atom is -0.497 e.